The van der Waals surface area contributed by atoms with Crippen LogP contribution in [0.15, 0.2) is 30.3 Å². The van der Waals surface area contributed by atoms with Crippen molar-refractivity contribution < 1.29 is 24.3 Å². The average Bonchev–Trinajstić information content (AvgIpc) is 2.77. The van der Waals surface area contributed by atoms with Crippen LogP contribution in [0.5, 0.6) is 0 Å². The summed E-state index contributed by atoms with van der Waals surface area (Å²) < 4.78 is 0. The number of imide groups is 1. The number of hydrogen-bond acceptors (Lipinski definition) is 4. The van der Waals surface area contributed by atoms with Gasteiger partial charge in [0.25, 0.3) is 5.91 Å². The van der Waals surface area contributed by atoms with E-state index in [-0.39, 0.29) is 19.6 Å². The first kappa shape index (κ1) is 19.4. The maximum absolute atomic E-state index is 12.8. The zero-order chi connectivity index (χ0) is 19.5. The highest BCUT2D eigenvalue weighted by molar-refractivity contribution is 6.07. The third kappa shape index (κ3) is 4.19. The van der Waals surface area contributed by atoms with E-state index in [2.05, 4.69) is 5.32 Å². The van der Waals surface area contributed by atoms with Crippen molar-refractivity contribution in [2.45, 2.75) is 32.9 Å². The fourth-order valence-electron chi connectivity index (χ4n) is 2.67. The number of carboxylic acid groups (broad SMARTS) is 1. The normalized spacial score (nSPS) is 17.0. The fourth-order valence-corrected chi connectivity index (χ4v) is 2.67. The minimum absolute atomic E-state index is 0.00684. The van der Waals surface area contributed by atoms with Gasteiger partial charge in [-0.05, 0) is 19.4 Å². The van der Waals surface area contributed by atoms with Crippen molar-refractivity contribution in [3.05, 3.63) is 35.9 Å². The lowest BCUT2D eigenvalue weighted by molar-refractivity contribution is -0.143. The Morgan fingerprint density at radius 1 is 1.23 bits per heavy atom. The van der Waals surface area contributed by atoms with Crippen LogP contribution in [0.25, 0.3) is 0 Å². The predicted molar refractivity (Wildman–Crippen MR) is 93.0 cm³/mol. The zero-order valence-electron chi connectivity index (χ0n) is 15.1. The summed E-state index contributed by atoms with van der Waals surface area (Å²) in [4.78, 5) is 50.4. The van der Waals surface area contributed by atoms with Crippen molar-refractivity contribution >= 4 is 23.8 Å². The Morgan fingerprint density at radius 3 is 2.35 bits per heavy atom. The van der Waals surface area contributed by atoms with Crippen LogP contribution in [0.4, 0.5) is 4.79 Å². The molecule has 140 valence electrons. The molecule has 26 heavy (non-hydrogen) atoms. The molecule has 1 heterocycles. The summed E-state index contributed by atoms with van der Waals surface area (Å²) in [6, 6.07) is 8.55. The number of nitrogens with one attached hydrogen (secondary N) is 1. The maximum Gasteiger partial charge on any atom is 0.325 e. The maximum atomic E-state index is 12.8. The van der Waals surface area contributed by atoms with Crippen molar-refractivity contribution in [2.75, 3.05) is 13.1 Å². The molecule has 1 unspecified atom stereocenters. The van der Waals surface area contributed by atoms with Gasteiger partial charge in [-0.15, -0.1) is 0 Å². The molecular weight excluding hydrogens is 338 g/mol. The molecule has 1 atom stereocenters. The minimum atomic E-state index is -1.14. The van der Waals surface area contributed by atoms with Gasteiger partial charge in [0.15, 0.2) is 0 Å². The summed E-state index contributed by atoms with van der Waals surface area (Å²) >= 11 is 0. The number of aliphatic carboxylic acids is 1. The van der Waals surface area contributed by atoms with Gasteiger partial charge in [0.2, 0.25) is 5.91 Å². The molecule has 1 fully saturated rings. The fraction of sp³-hybridized carbons (Fsp3) is 0.444. The Labute approximate surface area is 151 Å². The summed E-state index contributed by atoms with van der Waals surface area (Å²) in [6.45, 7) is 4.56. The first-order valence-electron chi connectivity index (χ1n) is 8.30. The number of amides is 4. The second kappa shape index (κ2) is 7.55. The highest BCUT2D eigenvalue weighted by atomic mass is 16.4. The Hall–Kier alpha value is -2.90. The van der Waals surface area contributed by atoms with E-state index >= 15 is 0 Å². The Morgan fingerprint density at radius 2 is 1.85 bits per heavy atom. The van der Waals surface area contributed by atoms with Gasteiger partial charge in [-0.1, -0.05) is 37.3 Å². The Balaban J connectivity index is 2.18. The van der Waals surface area contributed by atoms with Crippen molar-refractivity contribution in [3.8, 4) is 0 Å². The van der Waals surface area contributed by atoms with E-state index < -0.39 is 35.3 Å². The SMILES string of the molecule is CC(CN(Cc1ccccc1)C(=O)CN1C(=O)NC(=O)C1(C)C)C(=O)O. The van der Waals surface area contributed by atoms with Crippen LogP contribution in [0.1, 0.15) is 26.3 Å². The molecular formula is C18H23N3O5. The second-order valence-corrected chi connectivity index (χ2v) is 6.90. The van der Waals surface area contributed by atoms with Crippen LogP contribution in [0.2, 0.25) is 0 Å². The van der Waals surface area contributed by atoms with Crippen LogP contribution < -0.4 is 5.32 Å². The lowest BCUT2D eigenvalue weighted by Gasteiger charge is -2.31. The summed E-state index contributed by atoms with van der Waals surface area (Å²) in [5.41, 5.74) is -0.288. The summed E-state index contributed by atoms with van der Waals surface area (Å²) in [5, 5.41) is 11.4. The minimum Gasteiger partial charge on any atom is -0.481 e. The third-order valence-electron chi connectivity index (χ3n) is 4.47. The molecule has 4 amide bonds. The van der Waals surface area contributed by atoms with Gasteiger partial charge in [-0.2, -0.15) is 0 Å². The molecule has 8 heteroatoms. The molecule has 0 radical (unpaired) electrons. The smallest absolute Gasteiger partial charge is 0.325 e. The van der Waals surface area contributed by atoms with E-state index in [9.17, 15) is 19.2 Å². The topological polar surface area (TPSA) is 107 Å². The molecule has 0 saturated carbocycles. The van der Waals surface area contributed by atoms with Gasteiger partial charge in [0.05, 0.1) is 5.92 Å². The van der Waals surface area contributed by atoms with Crippen LogP contribution >= 0.6 is 0 Å². The van der Waals surface area contributed by atoms with Gasteiger partial charge in [-0.25, -0.2) is 4.79 Å². The summed E-state index contributed by atoms with van der Waals surface area (Å²) in [6.07, 6.45) is 0. The molecule has 1 aliphatic heterocycles. The van der Waals surface area contributed by atoms with Gasteiger partial charge in [-0.3, -0.25) is 19.7 Å². The van der Waals surface area contributed by atoms with Gasteiger partial charge < -0.3 is 14.9 Å². The molecule has 0 bridgehead atoms. The number of carbonyl (C=O) groups excluding carboxylic acids is 3. The lowest BCUT2D eigenvalue weighted by atomic mass is 10.0. The molecule has 0 aromatic heterocycles. The van der Waals surface area contributed by atoms with E-state index in [0.717, 1.165) is 5.56 Å². The highest BCUT2D eigenvalue weighted by Crippen LogP contribution is 2.21. The van der Waals surface area contributed by atoms with Crippen LogP contribution in [0, 0.1) is 5.92 Å². The Bertz CT molecular complexity index is 717. The zero-order valence-corrected chi connectivity index (χ0v) is 15.1. The molecule has 8 nitrogen and oxygen atoms in total. The summed E-state index contributed by atoms with van der Waals surface area (Å²) in [5.74, 6) is -2.65. The molecule has 1 saturated heterocycles. The number of benzene rings is 1. The number of carboxylic acids is 1. The van der Waals surface area contributed by atoms with Crippen molar-refractivity contribution in [1.29, 1.82) is 0 Å². The highest BCUT2D eigenvalue weighted by Gasteiger charge is 2.46. The Kier molecular flexibility index (Phi) is 5.64. The molecule has 2 N–H and O–H groups in total. The van der Waals surface area contributed by atoms with Crippen LogP contribution in [-0.2, 0) is 20.9 Å². The molecule has 1 aliphatic rings. The summed E-state index contributed by atoms with van der Waals surface area (Å²) in [7, 11) is 0. The molecule has 2 rings (SSSR count). The van der Waals surface area contributed by atoms with E-state index in [1.165, 1.54) is 16.7 Å². The van der Waals surface area contributed by atoms with Gasteiger partial charge >= 0.3 is 12.0 Å². The van der Waals surface area contributed by atoms with Crippen LogP contribution in [0.3, 0.4) is 0 Å². The van der Waals surface area contributed by atoms with E-state index in [1.54, 1.807) is 13.8 Å². The predicted octanol–water partition coefficient (Wildman–Crippen LogP) is 1.07. The average molecular weight is 361 g/mol. The molecule has 1 aromatic rings. The number of hydrogen-bond donors (Lipinski definition) is 2. The first-order valence-corrected chi connectivity index (χ1v) is 8.30. The number of urea groups is 1. The first-order chi connectivity index (χ1) is 12.1. The van der Waals surface area contributed by atoms with Gasteiger partial charge in [0, 0.05) is 13.1 Å². The quantitative estimate of drug-likeness (QED) is 0.707. The van der Waals surface area contributed by atoms with Crippen molar-refractivity contribution in [3.63, 3.8) is 0 Å². The van der Waals surface area contributed by atoms with E-state index in [4.69, 9.17) is 5.11 Å². The van der Waals surface area contributed by atoms with Crippen LogP contribution in [-0.4, -0.2) is 57.3 Å². The van der Waals surface area contributed by atoms with E-state index in [1.807, 2.05) is 30.3 Å². The van der Waals surface area contributed by atoms with Crippen molar-refractivity contribution in [1.82, 2.24) is 15.1 Å². The monoisotopic (exact) mass is 361 g/mol. The molecule has 0 aliphatic carbocycles. The molecule has 0 spiro atoms. The second-order valence-electron chi connectivity index (χ2n) is 6.90. The number of nitrogens with zero attached hydrogens (tertiary/aromatic N) is 2. The van der Waals surface area contributed by atoms with E-state index in [0.29, 0.717) is 0 Å². The standard InChI is InChI=1S/C18H23N3O5/c1-12(15(23)24)9-20(10-13-7-5-4-6-8-13)14(22)11-21-17(26)19-16(25)18(21,2)3/h4-8,12H,9-11H2,1-3H3,(H,23,24)(H,19,25,26). The number of carbonyl (C=O) groups is 4. The third-order valence-corrected chi connectivity index (χ3v) is 4.47. The lowest BCUT2D eigenvalue weighted by Crippen LogP contribution is -2.50. The molecule has 1 aromatic carbocycles. The van der Waals surface area contributed by atoms with Gasteiger partial charge in [0.1, 0.15) is 12.1 Å². The largest absolute Gasteiger partial charge is 0.481 e. The number of rotatable bonds is 7. The van der Waals surface area contributed by atoms with Crippen molar-refractivity contribution in [2.24, 2.45) is 5.92 Å².